The van der Waals surface area contributed by atoms with Crippen molar-refractivity contribution in [1.29, 1.82) is 0 Å². The van der Waals surface area contributed by atoms with Crippen LogP contribution in [0.4, 0.5) is 0 Å². The first-order valence-electron chi connectivity index (χ1n) is 9.93. The molecule has 0 aromatic heterocycles. The molecule has 2 N–H and O–H groups in total. The summed E-state index contributed by atoms with van der Waals surface area (Å²) in [6.45, 7) is 1.78. The van der Waals surface area contributed by atoms with Gasteiger partial charge < -0.3 is 9.47 Å². The second-order valence-electron chi connectivity index (χ2n) is 7.20. The molecular weight excluding hydrogens is 360 g/mol. The van der Waals surface area contributed by atoms with Crippen molar-refractivity contribution in [3.05, 3.63) is 29.8 Å². The first kappa shape index (κ1) is 21.7. The van der Waals surface area contributed by atoms with Gasteiger partial charge in [0.05, 0.1) is 13.0 Å². The maximum absolute atomic E-state index is 12.1. The number of esters is 1. The van der Waals surface area contributed by atoms with Crippen molar-refractivity contribution < 1.29 is 23.9 Å². The maximum atomic E-state index is 12.1. The number of methoxy groups -OCH3 is 1. The van der Waals surface area contributed by atoms with Crippen LogP contribution >= 0.6 is 0 Å². The van der Waals surface area contributed by atoms with E-state index in [1.165, 1.54) is 26.4 Å². The normalized spacial score (nSPS) is 18.8. The molecule has 0 aliphatic heterocycles. The molecule has 0 radical (unpaired) electrons. The summed E-state index contributed by atoms with van der Waals surface area (Å²) in [6, 6.07) is 6.46. The van der Waals surface area contributed by atoms with Crippen LogP contribution in [0, 0.1) is 11.8 Å². The Morgan fingerprint density at radius 1 is 1.04 bits per heavy atom. The predicted octanol–water partition coefficient (Wildman–Crippen LogP) is 3.00. The zero-order valence-electron chi connectivity index (χ0n) is 16.7. The zero-order valence-corrected chi connectivity index (χ0v) is 16.7. The van der Waals surface area contributed by atoms with Gasteiger partial charge in [0.15, 0.2) is 6.61 Å². The van der Waals surface area contributed by atoms with Gasteiger partial charge in [-0.3, -0.25) is 25.2 Å². The first-order chi connectivity index (χ1) is 13.5. The van der Waals surface area contributed by atoms with Crippen LogP contribution in [0.3, 0.4) is 0 Å². The van der Waals surface area contributed by atoms with Crippen molar-refractivity contribution >= 4 is 17.8 Å². The van der Waals surface area contributed by atoms with Crippen LogP contribution in [0.25, 0.3) is 0 Å². The van der Waals surface area contributed by atoms with Crippen LogP contribution in [0.5, 0.6) is 5.75 Å². The predicted molar refractivity (Wildman–Crippen MR) is 105 cm³/mol. The molecule has 2 rings (SSSR count). The average molecular weight is 390 g/mol. The highest BCUT2D eigenvalue weighted by molar-refractivity contribution is 5.95. The lowest BCUT2D eigenvalue weighted by Crippen LogP contribution is -2.43. The highest BCUT2D eigenvalue weighted by Gasteiger charge is 2.27. The quantitative estimate of drug-likeness (QED) is 0.526. The molecule has 0 bridgehead atoms. The largest absolute Gasteiger partial charge is 0.497 e. The van der Waals surface area contributed by atoms with Gasteiger partial charge in [0.2, 0.25) is 0 Å². The number of rotatable bonds is 8. The third-order valence-corrected chi connectivity index (χ3v) is 5.16. The van der Waals surface area contributed by atoms with E-state index >= 15 is 0 Å². The molecule has 1 aromatic carbocycles. The highest BCUT2D eigenvalue weighted by Crippen LogP contribution is 2.32. The molecular formula is C21H30N2O5. The van der Waals surface area contributed by atoms with Gasteiger partial charge in [-0.2, -0.15) is 0 Å². The van der Waals surface area contributed by atoms with E-state index in [9.17, 15) is 14.4 Å². The molecule has 7 heteroatoms. The SMILES string of the molecule is CCCCC1CCC(C(=O)OCC(=O)NNC(=O)c2ccc(OC)cc2)CC1. The van der Waals surface area contributed by atoms with Gasteiger partial charge >= 0.3 is 5.97 Å². The fourth-order valence-electron chi connectivity index (χ4n) is 3.41. The Morgan fingerprint density at radius 2 is 1.71 bits per heavy atom. The Hall–Kier alpha value is -2.57. The van der Waals surface area contributed by atoms with Crippen LogP contribution in [0.2, 0.25) is 0 Å². The summed E-state index contributed by atoms with van der Waals surface area (Å²) < 4.78 is 10.1. The molecule has 0 spiro atoms. The van der Waals surface area contributed by atoms with E-state index in [-0.39, 0.29) is 11.9 Å². The Labute approximate surface area is 166 Å². The summed E-state index contributed by atoms with van der Waals surface area (Å²) in [5.74, 6) is -0.155. The summed E-state index contributed by atoms with van der Waals surface area (Å²) in [7, 11) is 1.54. The number of hydrazine groups is 1. The van der Waals surface area contributed by atoms with Crippen molar-refractivity contribution in [2.45, 2.75) is 51.9 Å². The monoisotopic (exact) mass is 390 g/mol. The van der Waals surface area contributed by atoms with Crippen LogP contribution in [-0.4, -0.2) is 31.5 Å². The number of unbranched alkanes of at least 4 members (excludes halogenated alkanes) is 1. The number of amides is 2. The van der Waals surface area contributed by atoms with Gasteiger partial charge in [-0.15, -0.1) is 0 Å². The summed E-state index contributed by atoms with van der Waals surface area (Å²) in [4.78, 5) is 35.9. The smallest absolute Gasteiger partial charge is 0.309 e. The Kier molecular flexibility index (Phi) is 8.78. The molecule has 7 nitrogen and oxygen atoms in total. The second kappa shape index (κ2) is 11.3. The molecule has 1 fully saturated rings. The lowest BCUT2D eigenvalue weighted by molar-refractivity contribution is -0.154. The van der Waals surface area contributed by atoms with Crippen LogP contribution in [0.15, 0.2) is 24.3 Å². The van der Waals surface area contributed by atoms with E-state index in [0.717, 1.165) is 25.7 Å². The molecule has 1 aromatic rings. The Balaban J connectivity index is 1.65. The van der Waals surface area contributed by atoms with Gasteiger partial charge in [-0.1, -0.05) is 26.2 Å². The molecule has 28 heavy (non-hydrogen) atoms. The number of ether oxygens (including phenoxy) is 2. The number of benzene rings is 1. The molecule has 154 valence electrons. The van der Waals surface area contributed by atoms with Crippen molar-refractivity contribution in [1.82, 2.24) is 10.9 Å². The van der Waals surface area contributed by atoms with Gasteiger partial charge in [-0.05, 0) is 55.9 Å². The molecule has 1 aliphatic rings. The summed E-state index contributed by atoms with van der Waals surface area (Å²) in [6.07, 6.45) is 7.41. The Bertz CT molecular complexity index is 651. The number of carbonyl (C=O) groups excluding carboxylic acids is 3. The first-order valence-corrected chi connectivity index (χ1v) is 9.93. The standard InChI is InChI=1S/C21H30N2O5/c1-3-4-5-15-6-8-17(9-7-15)21(26)28-14-19(24)22-23-20(25)16-10-12-18(27-2)13-11-16/h10-13,15,17H,3-9,14H2,1-2H3,(H,22,24)(H,23,25). The topological polar surface area (TPSA) is 93.7 Å². The van der Waals surface area contributed by atoms with Gasteiger partial charge in [0.25, 0.3) is 11.8 Å². The molecule has 1 aliphatic carbocycles. The van der Waals surface area contributed by atoms with E-state index < -0.39 is 18.4 Å². The van der Waals surface area contributed by atoms with Crippen LogP contribution in [-0.2, 0) is 14.3 Å². The van der Waals surface area contributed by atoms with Crippen molar-refractivity contribution in [3.8, 4) is 5.75 Å². The second-order valence-corrected chi connectivity index (χ2v) is 7.20. The molecule has 0 unspecified atom stereocenters. The van der Waals surface area contributed by atoms with Gasteiger partial charge in [0.1, 0.15) is 5.75 Å². The fraction of sp³-hybridized carbons (Fsp3) is 0.571. The van der Waals surface area contributed by atoms with Crippen LogP contribution in [0.1, 0.15) is 62.2 Å². The summed E-state index contributed by atoms with van der Waals surface area (Å²) >= 11 is 0. The van der Waals surface area contributed by atoms with Crippen molar-refractivity contribution in [2.75, 3.05) is 13.7 Å². The van der Waals surface area contributed by atoms with E-state index in [0.29, 0.717) is 17.2 Å². The van der Waals surface area contributed by atoms with E-state index in [1.54, 1.807) is 24.3 Å². The van der Waals surface area contributed by atoms with E-state index in [1.807, 2.05) is 0 Å². The molecule has 0 saturated heterocycles. The molecule has 2 amide bonds. The number of nitrogens with one attached hydrogen (secondary N) is 2. The fourth-order valence-corrected chi connectivity index (χ4v) is 3.41. The highest BCUT2D eigenvalue weighted by atomic mass is 16.5. The number of carbonyl (C=O) groups is 3. The van der Waals surface area contributed by atoms with Gasteiger partial charge in [-0.25, -0.2) is 0 Å². The Morgan fingerprint density at radius 3 is 2.32 bits per heavy atom. The number of hydrogen-bond acceptors (Lipinski definition) is 5. The zero-order chi connectivity index (χ0) is 20.4. The number of hydrogen-bond donors (Lipinski definition) is 2. The molecule has 0 atom stereocenters. The molecule has 1 saturated carbocycles. The summed E-state index contributed by atoms with van der Waals surface area (Å²) in [5.41, 5.74) is 4.92. The van der Waals surface area contributed by atoms with Crippen LogP contribution < -0.4 is 15.6 Å². The van der Waals surface area contributed by atoms with E-state index in [4.69, 9.17) is 9.47 Å². The lowest BCUT2D eigenvalue weighted by atomic mass is 9.80. The minimum Gasteiger partial charge on any atom is -0.497 e. The maximum Gasteiger partial charge on any atom is 0.309 e. The minimum absolute atomic E-state index is 0.125. The third-order valence-electron chi connectivity index (χ3n) is 5.16. The average Bonchev–Trinajstić information content (AvgIpc) is 2.74. The van der Waals surface area contributed by atoms with Gasteiger partial charge in [0, 0.05) is 5.56 Å². The summed E-state index contributed by atoms with van der Waals surface area (Å²) in [5, 5.41) is 0. The molecule has 0 heterocycles. The lowest BCUT2D eigenvalue weighted by Gasteiger charge is -2.27. The third kappa shape index (κ3) is 6.87. The van der Waals surface area contributed by atoms with Crippen molar-refractivity contribution in [2.24, 2.45) is 11.8 Å². The minimum atomic E-state index is -0.577. The van der Waals surface area contributed by atoms with Crippen molar-refractivity contribution in [3.63, 3.8) is 0 Å². The van der Waals surface area contributed by atoms with E-state index in [2.05, 4.69) is 17.8 Å².